The van der Waals surface area contributed by atoms with Crippen LogP contribution < -0.4 is 5.32 Å². The number of hydrogen-bond acceptors (Lipinski definition) is 5. The average molecular weight is 202 g/mol. The quantitative estimate of drug-likeness (QED) is 0.315. The Hall–Kier alpha value is -1.59. The van der Waals surface area contributed by atoms with Crippen LogP contribution in [-0.2, 0) is 9.53 Å². The first kappa shape index (κ1) is 12.4. The zero-order valence-corrected chi connectivity index (χ0v) is 8.66. The molecule has 0 spiro atoms. The first-order chi connectivity index (χ1) is 6.28. The third-order valence-electron chi connectivity index (χ3n) is 1.23. The fourth-order valence-electron chi connectivity index (χ4n) is 0.576. The van der Waals surface area contributed by atoms with Crippen LogP contribution in [0, 0.1) is 10.1 Å². The summed E-state index contributed by atoms with van der Waals surface area (Å²) < 4.78 is 4.25. The molecule has 0 rings (SSSR count). The number of esters is 1. The minimum absolute atomic E-state index is 0.338. The van der Waals surface area contributed by atoms with Gasteiger partial charge in [0.1, 0.15) is 0 Å². The SMILES string of the molecule is COC(=O)/C(=C\NC(C)(C)C)[N+](=O)[O-]. The smallest absolute Gasteiger partial charge is 0.411 e. The van der Waals surface area contributed by atoms with Gasteiger partial charge in [0.25, 0.3) is 0 Å². The van der Waals surface area contributed by atoms with Crippen LogP contribution in [0.2, 0.25) is 0 Å². The van der Waals surface area contributed by atoms with Crippen molar-refractivity contribution in [3.05, 3.63) is 22.0 Å². The van der Waals surface area contributed by atoms with Crippen LogP contribution in [0.1, 0.15) is 20.8 Å². The number of nitrogens with one attached hydrogen (secondary N) is 1. The Bertz CT molecular complexity index is 265. The van der Waals surface area contributed by atoms with Gasteiger partial charge in [0.05, 0.1) is 18.2 Å². The summed E-state index contributed by atoms with van der Waals surface area (Å²) in [6, 6.07) is 0. The molecule has 0 heterocycles. The summed E-state index contributed by atoms with van der Waals surface area (Å²) in [5.41, 5.74) is -0.947. The van der Waals surface area contributed by atoms with Crippen molar-refractivity contribution in [2.75, 3.05) is 7.11 Å². The standard InChI is InChI=1S/C8H14N2O4/c1-8(2,3)9-5-6(10(12)13)7(11)14-4/h5,9H,1-4H3/b6-5+. The molecule has 6 heteroatoms. The summed E-state index contributed by atoms with van der Waals surface area (Å²) in [5, 5.41) is 13.1. The monoisotopic (exact) mass is 202 g/mol. The normalized spacial score (nSPS) is 12.1. The van der Waals surface area contributed by atoms with Gasteiger partial charge in [-0.25, -0.2) is 4.79 Å². The van der Waals surface area contributed by atoms with Crippen molar-refractivity contribution in [1.82, 2.24) is 5.32 Å². The van der Waals surface area contributed by atoms with E-state index in [4.69, 9.17) is 0 Å². The van der Waals surface area contributed by atoms with Crippen molar-refractivity contribution in [2.24, 2.45) is 0 Å². The van der Waals surface area contributed by atoms with E-state index in [2.05, 4.69) is 10.1 Å². The molecule has 14 heavy (non-hydrogen) atoms. The Morgan fingerprint density at radius 3 is 2.29 bits per heavy atom. The molecule has 80 valence electrons. The lowest BCUT2D eigenvalue weighted by Gasteiger charge is -2.17. The van der Waals surface area contributed by atoms with Gasteiger partial charge in [-0.1, -0.05) is 0 Å². The van der Waals surface area contributed by atoms with Crippen molar-refractivity contribution in [2.45, 2.75) is 26.3 Å². The fourth-order valence-corrected chi connectivity index (χ4v) is 0.576. The molecule has 0 saturated heterocycles. The summed E-state index contributed by atoms with van der Waals surface area (Å²) in [6.45, 7) is 5.45. The number of ether oxygens (including phenoxy) is 1. The number of rotatable bonds is 3. The number of nitrogens with zero attached hydrogens (tertiary/aromatic N) is 1. The van der Waals surface area contributed by atoms with E-state index in [0.717, 1.165) is 13.3 Å². The van der Waals surface area contributed by atoms with Gasteiger partial charge in [-0.15, -0.1) is 0 Å². The molecular formula is C8H14N2O4. The van der Waals surface area contributed by atoms with Gasteiger partial charge < -0.3 is 10.1 Å². The molecule has 0 aromatic carbocycles. The van der Waals surface area contributed by atoms with Crippen molar-refractivity contribution in [3.8, 4) is 0 Å². The first-order valence-electron chi connectivity index (χ1n) is 3.98. The lowest BCUT2D eigenvalue weighted by atomic mass is 10.1. The van der Waals surface area contributed by atoms with Gasteiger partial charge in [-0.05, 0) is 20.8 Å². The summed E-state index contributed by atoms with van der Waals surface area (Å²) in [6.07, 6.45) is 1.05. The Kier molecular flexibility index (Phi) is 4.07. The minimum Gasteiger partial charge on any atom is -0.461 e. The molecule has 0 radical (unpaired) electrons. The highest BCUT2D eigenvalue weighted by atomic mass is 16.6. The molecule has 0 amide bonds. The predicted molar refractivity (Wildman–Crippen MR) is 50.0 cm³/mol. The maximum atomic E-state index is 10.9. The molecule has 0 aromatic rings. The van der Waals surface area contributed by atoms with Gasteiger partial charge in [-0.2, -0.15) is 0 Å². The van der Waals surface area contributed by atoms with Crippen molar-refractivity contribution < 1.29 is 14.5 Å². The molecule has 1 N–H and O–H groups in total. The van der Waals surface area contributed by atoms with Crippen LogP contribution in [0.5, 0.6) is 0 Å². The van der Waals surface area contributed by atoms with Gasteiger partial charge in [0.15, 0.2) is 0 Å². The molecule has 0 atom stereocenters. The molecule has 6 nitrogen and oxygen atoms in total. The van der Waals surface area contributed by atoms with Crippen molar-refractivity contribution in [1.29, 1.82) is 0 Å². The van der Waals surface area contributed by atoms with Crippen LogP contribution in [0.3, 0.4) is 0 Å². The number of methoxy groups -OCH3 is 1. The van der Waals surface area contributed by atoms with Crippen LogP contribution >= 0.6 is 0 Å². The predicted octanol–water partition coefficient (Wildman–Crippen LogP) is 0.666. The average Bonchev–Trinajstić information content (AvgIpc) is 2.01. The molecule has 0 saturated carbocycles. The van der Waals surface area contributed by atoms with Gasteiger partial charge in [0.2, 0.25) is 0 Å². The molecule has 0 aliphatic carbocycles. The molecule has 0 aromatic heterocycles. The summed E-state index contributed by atoms with van der Waals surface area (Å²) in [7, 11) is 1.09. The van der Waals surface area contributed by atoms with E-state index >= 15 is 0 Å². The van der Waals surface area contributed by atoms with E-state index in [1.54, 1.807) is 0 Å². The van der Waals surface area contributed by atoms with Crippen LogP contribution in [0.4, 0.5) is 0 Å². The molecule has 0 unspecified atom stereocenters. The van der Waals surface area contributed by atoms with E-state index in [1.165, 1.54) is 0 Å². The van der Waals surface area contributed by atoms with E-state index in [1.807, 2.05) is 20.8 Å². The molecule has 0 aliphatic rings. The lowest BCUT2D eigenvalue weighted by molar-refractivity contribution is -0.421. The van der Waals surface area contributed by atoms with Crippen LogP contribution in [0.25, 0.3) is 0 Å². The second-order valence-electron chi connectivity index (χ2n) is 3.67. The zero-order chi connectivity index (χ0) is 11.4. The van der Waals surface area contributed by atoms with Crippen molar-refractivity contribution in [3.63, 3.8) is 0 Å². The largest absolute Gasteiger partial charge is 0.461 e. The van der Waals surface area contributed by atoms with Gasteiger partial charge in [-0.3, -0.25) is 10.1 Å². The highest BCUT2D eigenvalue weighted by molar-refractivity contribution is 5.85. The van der Waals surface area contributed by atoms with Crippen LogP contribution in [0.15, 0.2) is 11.9 Å². The Morgan fingerprint density at radius 1 is 1.50 bits per heavy atom. The third kappa shape index (κ3) is 4.44. The highest BCUT2D eigenvalue weighted by Gasteiger charge is 2.23. The van der Waals surface area contributed by atoms with E-state index < -0.39 is 16.6 Å². The Morgan fingerprint density at radius 2 is 2.00 bits per heavy atom. The number of carbonyl (C=O) groups excluding carboxylic acids is 1. The second-order valence-corrected chi connectivity index (χ2v) is 3.67. The molecule has 0 fully saturated rings. The zero-order valence-electron chi connectivity index (χ0n) is 8.66. The van der Waals surface area contributed by atoms with E-state index in [0.29, 0.717) is 0 Å². The number of nitro groups is 1. The second kappa shape index (κ2) is 4.59. The van der Waals surface area contributed by atoms with Crippen molar-refractivity contribution >= 4 is 5.97 Å². The lowest BCUT2D eigenvalue weighted by Crippen LogP contribution is -2.32. The van der Waals surface area contributed by atoms with Gasteiger partial charge >= 0.3 is 11.7 Å². The van der Waals surface area contributed by atoms with E-state index in [-0.39, 0.29) is 5.54 Å². The molecule has 0 bridgehead atoms. The fraction of sp³-hybridized carbons (Fsp3) is 0.625. The third-order valence-corrected chi connectivity index (χ3v) is 1.23. The summed E-state index contributed by atoms with van der Waals surface area (Å²) in [4.78, 5) is 20.5. The van der Waals surface area contributed by atoms with Crippen LogP contribution in [-0.4, -0.2) is 23.5 Å². The minimum atomic E-state index is -0.966. The molecule has 0 aliphatic heterocycles. The number of carbonyl (C=O) groups is 1. The first-order valence-corrected chi connectivity index (χ1v) is 3.98. The Balaban J connectivity index is 4.67. The topological polar surface area (TPSA) is 81.5 Å². The van der Waals surface area contributed by atoms with Gasteiger partial charge in [0, 0.05) is 5.54 Å². The maximum Gasteiger partial charge on any atom is 0.411 e. The highest BCUT2D eigenvalue weighted by Crippen LogP contribution is 2.02. The van der Waals surface area contributed by atoms with E-state index in [9.17, 15) is 14.9 Å². The number of hydrogen-bond donors (Lipinski definition) is 1. The summed E-state index contributed by atoms with van der Waals surface area (Å²) >= 11 is 0. The Labute approximate surface area is 82.1 Å². The summed E-state index contributed by atoms with van der Waals surface area (Å²) in [5.74, 6) is -0.966. The maximum absolute atomic E-state index is 10.9. The molecular weight excluding hydrogens is 188 g/mol.